The molecular weight excluding hydrogens is 510 g/mol. The SMILES string of the molecule is CN(C)CCN(C)Cc1ccc(C(=O)Nc2n[nH]c3sc(C(=O)NN(C)c4ccc(Cl)cc4)cc23)cc1. The van der Waals surface area contributed by atoms with Gasteiger partial charge in [-0.05, 0) is 69.2 Å². The Kier molecular flexibility index (Phi) is 8.45. The number of H-pyrrole nitrogens is 1. The van der Waals surface area contributed by atoms with Crippen LogP contribution in [0.1, 0.15) is 25.6 Å². The monoisotopic (exact) mass is 539 g/mol. The van der Waals surface area contributed by atoms with E-state index >= 15 is 0 Å². The lowest BCUT2D eigenvalue weighted by atomic mass is 10.1. The van der Waals surface area contributed by atoms with Crippen LogP contribution < -0.4 is 15.8 Å². The number of thiophene rings is 1. The first-order valence-electron chi connectivity index (χ1n) is 11.7. The number of fused-ring (bicyclic) bond motifs is 1. The Hall–Kier alpha value is -3.44. The highest BCUT2D eigenvalue weighted by Crippen LogP contribution is 2.29. The van der Waals surface area contributed by atoms with E-state index in [2.05, 4.69) is 51.9 Å². The molecule has 2 heterocycles. The van der Waals surface area contributed by atoms with Gasteiger partial charge in [0.1, 0.15) is 4.83 Å². The van der Waals surface area contributed by atoms with Crippen LogP contribution in [0.4, 0.5) is 11.5 Å². The molecule has 0 aliphatic carbocycles. The molecule has 0 bridgehead atoms. The Morgan fingerprint density at radius 1 is 0.973 bits per heavy atom. The predicted molar refractivity (Wildman–Crippen MR) is 151 cm³/mol. The second-order valence-electron chi connectivity index (χ2n) is 9.09. The number of likely N-dealkylation sites (N-methyl/N-ethyl adjacent to an activating group) is 2. The highest BCUT2D eigenvalue weighted by molar-refractivity contribution is 7.20. The van der Waals surface area contributed by atoms with E-state index in [-0.39, 0.29) is 11.8 Å². The molecule has 37 heavy (non-hydrogen) atoms. The van der Waals surface area contributed by atoms with Crippen LogP contribution in [-0.2, 0) is 6.54 Å². The Morgan fingerprint density at radius 2 is 1.68 bits per heavy atom. The van der Waals surface area contributed by atoms with Crippen molar-refractivity contribution in [1.82, 2.24) is 25.4 Å². The van der Waals surface area contributed by atoms with E-state index in [1.54, 1.807) is 30.3 Å². The summed E-state index contributed by atoms with van der Waals surface area (Å²) in [7, 11) is 7.95. The van der Waals surface area contributed by atoms with E-state index in [4.69, 9.17) is 11.6 Å². The number of hydrazine groups is 1. The zero-order chi connectivity index (χ0) is 26.5. The maximum Gasteiger partial charge on any atom is 0.279 e. The topological polar surface area (TPSA) is 96.6 Å². The number of aromatic nitrogens is 2. The molecule has 0 spiro atoms. The maximum absolute atomic E-state index is 12.9. The number of nitrogens with one attached hydrogen (secondary N) is 3. The minimum atomic E-state index is -0.268. The van der Waals surface area contributed by atoms with Crippen molar-refractivity contribution < 1.29 is 9.59 Å². The van der Waals surface area contributed by atoms with Gasteiger partial charge >= 0.3 is 0 Å². The van der Waals surface area contributed by atoms with Gasteiger partial charge < -0.3 is 15.1 Å². The molecule has 4 rings (SSSR count). The molecule has 2 aromatic carbocycles. The maximum atomic E-state index is 12.9. The summed E-state index contributed by atoms with van der Waals surface area (Å²) < 4.78 is 0. The fourth-order valence-electron chi connectivity index (χ4n) is 3.66. The van der Waals surface area contributed by atoms with Gasteiger partial charge in [0.25, 0.3) is 11.8 Å². The molecule has 3 N–H and O–H groups in total. The van der Waals surface area contributed by atoms with Gasteiger partial charge in [0.05, 0.1) is 16.0 Å². The number of aromatic amines is 1. The molecule has 194 valence electrons. The molecule has 0 fully saturated rings. The Bertz CT molecular complexity index is 1370. The highest BCUT2D eigenvalue weighted by Gasteiger charge is 2.18. The third-order valence-electron chi connectivity index (χ3n) is 5.79. The van der Waals surface area contributed by atoms with Crippen molar-refractivity contribution in [2.24, 2.45) is 0 Å². The molecule has 11 heteroatoms. The summed E-state index contributed by atoms with van der Waals surface area (Å²) in [6.45, 7) is 2.76. The number of carbonyl (C=O) groups is 2. The van der Waals surface area contributed by atoms with E-state index in [9.17, 15) is 9.59 Å². The first kappa shape index (κ1) is 26.6. The number of nitrogens with zero attached hydrogens (tertiary/aromatic N) is 4. The lowest BCUT2D eigenvalue weighted by molar-refractivity contribution is 0.0954. The molecule has 4 aromatic rings. The first-order chi connectivity index (χ1) is 17.7. The second kappa shape index (κ2) is 11.7. The molecular formula is C26H30ClN7O2S. The van der Waals surface area contributed by atoms with E-state index in [0.29, 0.717) is 31.5 Å². The van der Waals surface area contributed by atoms with Gasteiger partial charge in [0, 0.05) is 37.3 Å². The standard InChI is InChI=1S/C26H30ClN7O2S/c1-32(2)13-14-33(3)16-17-5-7-18(8-6-17)24(35)28-23-21-15-22(37-26(21)30-29-23)25(36)31-34(4)20-11-9-19(27)10-12-20/h5-12,15H,13-14,16H2,1-4H3,(H,31,36)(H2,28,29,30,35). The molecule has 2 amide bonds. The van der Waals surface area contributed by atoms with Crippen molar-refractivity contribution in [3.8, 4) is 0 Å². The number of halogens is 1. The largest absolute Gasteiger partial charge is 0.308 e. The molecule has 0 aliphatic rings. The van der Waals surface area contributed by atoms with Gasteiger partial charge in [-0.2, -0.15) is 5.10 Å². The fraction of sp³-hybridized carbons (Fsp3) is 0.269. The van der Waals surface area contributed by atoms with Crippen molar-refractivity contribution >= 4 is 56.5 Å². The summed E-state index contributed by atoms with van der Waals surface area (Å²) in [4.78, 5) is 31.2. The summed E-state index contributed by atoms with van der Waals surface area (Å²) in [5.74, 6) is -0.148. The number of hydrogen-bond donors (Lipinski definition) is 3. The Labute approximate surface area is 225 Å². The van der Waals surface area contributed by atoms with Crippen LogP contribution in [0.15, 0.2) is 54.6 Å². The lowest BCUT2D eigenvalue weighted by Crippen LogP contribution is -2.38. The minimum absolute atomic E-state index is 0.263. The Morgan fingerprint density at radius 3 is 2.35 bits per heavy atom. The minimum Gasteiger partial charge on any atom is -0.308 e. The van der Waals surface area contributed by atoms with Crippen LogP contribution in [0.5, 0.6) is 0 Å². The number of anilines is 2. The van der Waals surface area contributed by atoms with E-state index in [1.807, 2.05) is 36.4 Å². The van der Waals surface area contributed by atoms with Gasteiger partial charge in [0.15, 0.2) is 5.82 Å². The van der Waals surface area contributed by atoms with E-state index in [0.717, 1.165) is 30.9 Å². The van der Waals surface area contributed by atoms with Crippen LogP contribution in [0.25, 0.3) is 10.2 Å². The predicted octanol–water partition coefficient (Wildman–Crippen LogP) is 4.30. The third-order valence-corrected chi connectivity index (χ3v) is 7.08. The Balaban J connectivity index is 1.38. The highest BCUT2D eigenvalue weighted by atomic mass is 35.5. The zero-order valence-electron chi connectivity index (χ0n) is 21.2. The smallest absolute Gasteiger partial charge is 0.279 e. The second-order valence-corrected chi connectivity index (χ2v) is 10.6. The van der Waals surface area contributed by atoms with Gasteiger partial charge in [-0.3, -0.25) is 25.1 Å². The molecule has 0 saturated carbocycles. The summed E-state index contributed by atoms with van der Waals surface area (Å²) in [6.07, 6.45) is 0. The van der Waals surface area contributed by atoms with Gasteiger partial charge in [-0.15, -0.1) is 11.3 Å². The first-order valence-corrected chi connectivity index (χ1v) is 12.9. The molecule has 0 atom stereocenters. The third kappa shape index (κ3) is 6.86. The number of amides is 2. The normalized spacial score (nSPS) is 11.3. The fourth-order valence-corrected chi connectivity index (χ4v) is 4.68. The molecule has 0 saturated heterocycles. The van der Waals surface area contributed by atoms with Gasteiger partial charge in [-0.25, -0.2) is 0 Å². The molecule has 0 aliphatic heterocycles. The average Bonchev–Trinajstić information content (AvgIpc) is 3.45. The quantitative estimate of drug-likeness (QED) is 0.260. The summed E-state index contributed by atoms with van der Waals surface area (Å²) in [6, 6.07) is 16.4. The van der Waals surface area contributed by atoms with Crippen molar-refractivity contribution in [3.05, 3.63) is 75.6 Å². The zero-order valence-corrected chi connectivity index (χ0v) is 22.8. The summed E-state index contributed by atoms with van der Waals surface area (Å²) in [5.41, 5.74) is 5.30. The van der Waals surface area contributed by atoms with Crippen LogP contribution in [0, 0.1) is 0 Å². The molecule has 9 nitrogen and oxygen atoms in total. The van der Waals surface area contributed by atoms with Crippen LogP contribution in [-0.4, -0.2) is 73.1 Å². The molecule has 0 unspecified atom stereocenters. The summed E-state index contributed by atoms with van der Waals surface area (Å²) >= 11 is 7.20. The average molecular weight is 540 g/mol. The van der Waals surface area contributed by atoms with Crippen molar-refractivity contribution in [1.29, 1.82) is 0 Å². The number of benzene rings is 2. The van der Waals surface area contributed by atoms with Crippen LogP contribution in [0.3, 0.4) is 0 Å². The number of rotatable bonds is 10. The molecule has 2 aromatic heterocycles. The van der Waals surface area contributed by atoms with Gasteiger partial charge in [-0.1, -0.05) is 23.7 Å². The molecule has 0 radical (unpaired) electrons. The van der Waals surface area contributed by atoms with E-state index in [1.165, 1.54) is 11.3 Å². The van der Waals surface area contributed by atoms with Gasteiger partial charge in [0.2, 0.25) is 0 Å². The van der Waals surface area contributed by atoms with Crippen molar-refractivity contribution in [2.45, 2.75) is 6.54 Å². The number of carbonyl (C=O) groups excluding carboxylic acids is 2. The lowest BCUT2D eigenvalue weighted by Gasteiger charge is -2.19. The number of hydrogen-bond acceptors (Lipinski definition) is 7. The van der Waals surface area contributed by atoms with Crippen molar-refractivity contribution in [3.63, 3.8) is 0 Å². The van der Waals surface area contributed by atoms with E-state index < -0.39 is 0 Å². The van der Waals surface area contributed by atoms with Crippen LogP contribution >= 0.6 is 22.9 Å². The van der Waals surface area contributed by atoms with Crippen molar-refractivity contribution in [2.75, 3.05) is 51.6 Å². The van der Waals surface area contributed by atoms with Crippen LogP contribution in [0.2, 0.25) is 5.02 Å². The summed E-state index contributed by atoms with van der Waals surface area (Å²) in [5, 5.41) is 12.9.